The summed E-state index contributed by atoms with van der Waals surface area (Å²) < 4.78 is 13.2. The Morgan fingerprint density at radius 3 is 2.48 bits per heavy atom. The Labute approximate surface area is 190 Å². The van der Waals surface area contributed by atoms with Crippen LogP contribution in [0.15, 0.2) is 30.5 Å². The Bertz CT molecular complexity index is 1030. The van der Waals surface area contributed by atoms with Crippen molar-refractivity contribution in [2.45, 2.75) is 24.5 Å². The molecule has 11 heteroatoms. The molecule has 10 nitrogen and oxygen atoms in total. The van der Waals surface area contributed by atoms with E-state index in [0.717, 1.165) is 5.56 Å². The Balaban J connectivity index is 1.07. The molecule has 0 bridgehead atoms. The van der Waals surface area contributed by atoms with E-state index in [4.69, 9.17) is 0 Å². The monoisotopic (exact) mass is 455 g/mol. The number of carbonyl (C=O) groups excluding carboxylic acids is 2. The SMILES string of the molecule is O=C(CN1CCN(c2nncc(-c3ccc(F)cc3)n2)CC1)NC1CN(C(=O)C2(O)CC2)C1. The number of anilines is 1. The molecule has 1 aliphatic carbocycles. The fraction of sp³-hybridized carbons (Fsp3) is 0.500. The number of rotatable bonds is 6. The molecule has 3 fully saturated rings. The number of nitrogens with zero attached hydrogens (tertiary/aromatic N) is 6. The number of aliphatic hydroxyl groups is 1. The van der Waals surface area contributed by atoms with Crippen LogP contribution in [-0.2, 0) is 9.59 Å². The summed E-state index contributed by atoms with van der Waals surface area (Å²) in [5.41, 5.74) is 0.251. The number of hydrogen-bond acceptors (Lipinski definition) is 8. The van der Waals surface area contributed by atoms with Crippen molar-refractivity contribution in [3.8, 4) is 11.3 Å². The van der Waals surface area contributed by atoms with Gasteiger partial charge in [0.05, 0.1) is 24.5 Å². The lowest BCUT2D eigenvalue weighted by Crippen LogP contribution is -2.64. The molecular formula is C22H26FN7O3. The second-order valence-electron chi connectivity index (χ2n) is 8.92. The number of amides is 2. The fourth-order valence-electron chi connectivity index (χ4n) is 4.13. The quantitative estimate of drug-likeness (QED) is 0.608. The minimum atomic E-state index is -1.15. The molecule has 2 aromatic rings. The largest absolute Gasteiger partial charge is 0.380 e. The first-order valence-electron chi connectivity index (χ1n) is 11.1. The Kier molecular flexibility index (Phi) is 5.67. The Morgan fingerprint density at radius 1 is 1.12 bits per heavy atom. The van der Waals surface area contributed by atoms with Gasteiger partial charge in [0.15, 0.2) is 0 Å². The third-order valence-electron chi connectivity index (χ3n) is 6.37. The van der Waals surface area contributed by atoms with Crippen LogP contribution >= 0.6 is 0 Å². The standard InChI is InChI=1S/C22H26FN7O3/c23-16-3-1-15(2-4-16)18-11-24-27-21(26-18)29-9-7-28(8-10-29)14-19(31)25-17-12-30(13-17)20(32)22(33)5-6-22/h1-4,11,17,33H,5-10,12-14H2,(H,25,31). The molecule has 0 spiro atoms. The lowest BCUT2D eigenvalue weighted by molar-refractivity contribution is -0.148. The number of carbonyl (C=O) groups is 2. The molecule has 5 rings (SSSR count). The second-order valence-corrected chi connectivity index (χ2v) is 8.92. The number of aromatic nitrogens is 3. The third kappa shape index (κ3) is 4.79. The van der Waals surface area contributed by atoms with Gasteiger partial charge in [0.1, 0.15) is 11.4 Å². The van der Waals surface area contributed by atoms with Crippen molar-refractivity contribution >= 4 is 17.8 Å². The molecule has 3 aliphatic rings. The van der Waals surface area contributed by atoms with Crippen LogP contribution in [0.2, 0.25) is 0 Å². The van der Waals surface area contributed by atoms with Gasteiger partial charge in [-0.3, -0.25) is 14.5 Å². The highest BCUT2D eigenvalue weighted by Crippen LogP contribution is 2.37. The van der Waals surface area contributed by atoms with Gasteiger partial charge in [-0.1, -0.05) is 0 Å². The van der Waals surface area contributed by atoms with E-state index in [9.17, 15) is 19.1 Å². The number of halogens is 1. The van der Waals surface area contributed by atoms with Crippen molar-refractivity contribution in [2.75, 3.05) is 50.7 Å². The van der Waals surface area contributed by atoms with Gasteiger partial charge in [0.2, 0.25) is 11.9 Å². The smallest absolute Gasteiger partial charge is 0.254 e. The van der Waals surface area contributed by atoms with Crippen LogP contribution < -0.4 is 10.2 Å². The van der Waals surface area contributed by atoms with Gasteiger partial charge in [-0.15, -0.1) is 5.10 Å². The van der Waals surface area contributed by atoms with Crippen molar-refractivity contribution in [1.82, 2.24) is 30.3 Å². The summed E-state index contributed by atoms with van der Waals surface area (Å²) in [5, 5.41) is 21.0. The van der Waals surface area contributed by atoms with Crippen molar-refractivity contribution in [3.05, 3.63) is 36.3 Å². The molecule has 1 saturated carbocycles. The molecule has 0 atom stereocenters. The predicted octanol–water partition coefficient (Wildman–Crippen LogP) is -0.348. The highest BCUT2D eigenvalue weighted by atomic mass is 19.1. The average molecular weight is 455 g/mol. The molecule has 0 unspecified atom stereocenters. The number of benzene rings is 1. The minimum Gasteiger partial charge on any atom is -0.380 e. The summed E-state index contributed by atoms with van der Waals surface area (Å²) in [5.74, 6) is -0.0789. The molecule has 1 aromatic heterocycles. The van der Waals surface area contributed by atoms with Gasteiger partial charge >= 0.3 is 0 Å². The summed E-state index contributed by atoms with van der Waals surface area (Å²) in [6.07, 6.45) is 2.61. The zero-order valence-electron chi connectivity index (χ0n) is 18.2. The molecule has 2 aliphatic heterocycles. The highest BCUT2D eigenvalue weighted by Gasteiger charge is 2.52. The van der Waals surface area contributed by atoms with E-state index >= 15 is 0 Å². The van der Waals surface area contributed by atoms with Crippen molar-refractivity contribution in [2.24, 2.45) is 0 Å². The average Bonchev–Trinajstić information content (AvgIpc) is 3.55. The Morgan fingerprint density at radius 2 is 1.82 bits per heavy atom. The summed E-state index contributed by atoms with van der Waals surface area (Å²) in [4.78, 5) is 34.7. The van der Waals surface area contributed by atoms with Gasteiger partial charge < -0.3 is 20.2 Å². The molecule has 1 aromatic carbocycles. The van der Waals surface area contributed by atoms with Gasteiger partial charge in [-0.05, 0) is 37.1 Å². The molecule has 2 saturated heterocycles. The maximum atomic E-state index is 13.2. The van der Waals surface area contributed by atoms with Crippen LogP contribution in [0, 0.1) is 5.82 Å². The summed E-state index contributed by atoms with van der Waals surface area (Å²) in [6, 6.07) is 6.03. The van der Waals surface area contributed by atoms with Crippen LogP contribution in [-0.4, -0.2) is 99.4 Å². The maximum Gasteiger partial charge on any atom is 0.254 e. The maximum absolute atomic E-state index is 13.2. The predicted molar refractivity (Wildman–Crippen MR) is 117 cm³/mol. The van der Waals surface area contributed by atoms with E-state index in [0.29, 0.717) is 63.8 Å². The van der Waals surface area contributed by atoms with Gasteiger partial charge in [0, 0.05) is 44.8 Å². The minimum absolute atomic E-state index is 0.0567. The topological polar surface area (TPSA) is 115 Å². The van der Waals surface area contributed by atoms with Crippen LogP contribution in [0.4, 0.5) is 10.3 Å². The summed E-state index contributed by atoms with van der Waals surface area (Å²) in [6.45, 7) is 3.87. The van der Waals surface area contributed by atoms with Crippen molar-refractivity contribution in [3.63, 3.8) is 0 Å². The lowest BCUT2D eigenvalue weighted by Gasteiger charge is -2.41. The number of hydrogen-bond donors (Lipinski definition) is 2. The van der Waals surface area contributed by atoms with E-state index in [1.807, 2.05) is 4.90 Å². The van der Waals surface area contributed by atoms with E-state index in [1.54, 1.807) is 23.2 Å². The summed E-state index contributed by atoms with van der Waals surface area (Å²) in [7, 11) is 0. The Hall–Kier alpha value is -3.18. The van der Waals surface area contributed by atoms with Crippen LogP contribution in [0.5, 0.6) is 0 Å². The van der Waals surface area contributed by atoms with E-state index in [1.165, 1.54) is 12.1 Å². The van der Waals surface area contributed by atoms with Gasteiger partial charge in [-0.2, -0.15) is 5.10 Å². The second kappa shape index (κ2) is 8.64. The number of piperazine rings is 1. The normalized spacial score (nSPS) is 20.3. The third-order valence-corrected chi connectivity index (χ3v) is 6.37. The highest BCUT2D eigenvalue weighted by molar-refractivity contribution is 5.89. The van der Waals surface area contributed by atoms with E-state index in [-0.39, 0.29) is 30.2 Å². The van der Waals surface area contributed by atoms with Crippen LogP contribution in [0.1, 0.15) is 12.8 Å². The summed E-state index contributed by atoms with van der Waals surface area (Å²) >= 11 is 0. The first-order chi connectivity index (χ1) is 15.9. The molecule has 0 radical (unpaired) electrons. The lowest BCUT2D eigenvalue weighted by atomic mass is 10.1. The van der Waals surface area contributed by atoms with Gasteiger partial charge in [-0.25, -0.2) is 9.37 Å². The van der Waals surface area contributed by atoms with Gasteiger partial charge in [0.25, 0.3) is 5.91 Å². The van der Waals surface area contributed by atoms with Crippen LogP contribution in [0.3, 0.4) is 0 Å². The molecule has 33 heavy (non-hydrogen) atoms. The number of likely N-dealkylation sites (tertiary alicyclic amines) is 1. The molecule has 2 N–H and O–H groups in total. The first-order valence-corrected chi connectivity index (χ1v) is 11.1. The molecule has 174 valence electrons. The van der Waals surface area contributed by atoms with Crippen molar-refractivity contribution in [1.29, 1.82) is 0 Å². The zero-order chi connectivity index (χ0) is 23.0. The first kappa shape index (κ1) is 21.7. The van der Waals surface area contributed by atoms with E-state index in [2.05, 4.69) is 25.4 Å². The molecule has 2 amide bonds. The van der Waals surface area contributed by atoms with Crippen LogP contribution in [0.25, 0.3) is 11.3 Å². The fourth-order valence-corrected chi connectivity index (χ4v) is 4.13. The van der Waals surface area contributed by atoms with E-state index < -0.39 is 5.60 Å². The zero-order valence-corrected chi connectivity index (χ0v) is 18.2. The molecular weight excluding hydrogens is 429 g/mol. The van der Waals surface area contributed by atoms with Crippen molar-refractivity contribution < 1.29 is 19.1 Å². The number of nitrogens with one attached hydrogen (secondary N) is 1. The molecule has 3 heterocycles.